The highest BCUT2D eigenvalue weighted by atomic mass is 14.9. The van der Waals surface area contributed by atoms with Gasteiger partial charge in [-0.3, -0.25) is 4.98 Å². The third-order valence-electron chi connectivity index (χ3n) is 3.56. The Bertz CT molecular complexity index is 456. The van der Waals surface area contributed by atoms with Gasteiger partial charge >= 0.3 is 0 Å². The Balaban J connectivity index is 2.00. The number of nitrogens with two attached hydrogens (primary N) is 1. The smallest absolute Gasteiger partial charge is 0.107 e. The molecule has 0 saturated carbocycles. The summed E-state index contributed by atoms with van der Waals surface area (Å²) in [6, 6.07) is 1.94. The minimum Gasteiger partial charge on any atom is -0.341 e. The van der Waals surface area contributed by atoms with Crippen LogP contribution in [0.15, 0.2) is 18.5 Å². The second kappa shape index (κ2) is 5.96. The third kappa shape index (κ3) is 3.07. The molecule has 2 rings (SSSR count). The lowest BCUT2D eigenvalue weighted by molar-refractivity contribution is 0.339. The molecule has 1 atom stereocenters. The number of hydrogen-bond acceptors (Lipinski definition) is 3. The first-order valence-corrected chi connectivity index (χ1v) is 6.69. The Morgan fingerprint density at radius 2 is 2.17 bits per heavy atom. The fourth-order valence-corrected chi connectivity index (χ4v) is 2.38. The molecule has 18 heavy (non-hydrogen) atoms. The molecule has 2 aromatic rings. The first-order valence-electron chi connectivity index (χ1n) is 6.69. The maximum absolute atomic E-state index is 5.67. The zero-order valence-corrected chi connectivity index (χ0v) is 11.2. The molecule has 0 aromatic carbocycles. The average Bonchev–Trinajstić information content (AvgIpc) is 2.76. The highest BCUT2D eigenvalue weighted by Crippen LogP contribution is 2.21. The molecule has 1 unspecified atom stereocenters. The van der Waals surface area contributed by atoms with Gasteiger partial charge < -0.3 is 10.7 Å². The number of fused-ring (bicyclic) bond motifs is 1. The Labute approximate surface area is 108 Å². The summed E-state index contributed by atoms with van der Waals surface area (Å²) in [7, 11) is 0. The number of hydrogen-bond donors (Lipinski definition) is 2. The molecule has 2 aromatic heterocycles. The molecule has 0 bridgehead atoms. The van der Waals surface area contributed by atoms with Gasteiger partial charge in [-0.25, -0.2) is 4.98 Å². The first kappa shape index (κ1) is 13.0. The van der Waals surface area contributed by atoms with Gasteiger partial charge in [0, 0.05) is 12.6 Å². The Morgan fingerprint density at radius 1 is 1.33 bits per heavy atom. The van der Waals surface area contributed by atoms with Crippen molar-refractivity contribution in [2.45, 2.75) is 33.1 Å². The number of nitrogens with one attached hydrogen (secondary N) is 1. The quantitative estimate of drug-likeness (QED) is 0.823. The summed E-state index contributed by atoms with van der Waals surface area (Å²) in [5.74, 6) is 2.42. The van der Waals surface area contributed by atoms with Crippen LogP contribution in [0.1, 0.15) is 32.5 Å². The molecule has 0 aliphatic rings. The lowest BCUT2D eigenvalue weighted by Gasteiger charge is -2.19. The van der Waals surface area contributed by atoms with Crippen LogP contribution in [-0.4, -0.2) is 21.5 Å². The van der Waals surface area contributed by atoms with E-state index in [1.165, 1.54) is 0 Å². The van der Waals surface area contributed by atoms with Crippen LogP contribution in [0.3, 0.4) is 0 Å². The highest BCUT2D eigenvalue weighted by Gasteiger charge is 2.13. The Kier molecular flexibility index (Phi) is 4.31. The van der Waals surface area contributed by atoms with Gasteiger partial charge in [-0.2, -0.15) is 0 Å². The predicted octanol–water partition coefficient (Wildman–Crippen LogP) is 2.51. The molecule has 98 valence electrons. The maximum Gasteiger partial charge on any atom is 0.107 e. The van der Waals surface area contributed by atoms with Crippen molar-refractivity contribution >= 4 is 11.0 Å². The molecule has 2 heterocycles. The van der Waals surface area contributed by atoms with Crippen LogP contribution >= 0.6 is 0 Å². The van der Waals surface area contributed by atoms with Crippen molar-refractivity contribution in [1.29, 1.82) is 0 Å². The number of aryl methyl sites for hydroxylation is 1. The molecule has 0 fully saturated rings. The van der Waals surface area contributed by atoms with Crippen molar-refractivity contribution in [2.75, 3.05) is 6.54 Å². The number of H-pyrrole nitrogens is 1. The van der Waals surface area contributed by atoms with E-state index in [0.29, 0.717) is 11.8 Å². The van der Waals surface area contributed by atoms with Gasteiger partial charge in [-0.1, -0.05) is 13.8 Å². The van der Waals surface area contributed by atoms with E-state index in [2.05, 4.69) is 28.8 Å². The van der Waals surface area contributed by atoms with E-state index >= 15 is 0 Å². The van der Waals surface area contributed by atoms with Crippen LogP contribution in [0.5, 0.6) is 0 Å². The number of nitrogens with zero attached hydrogens (tertiary/aromatic N) is 2. The molecule has 0 radical (unpaired) electrons. The zero-order chi connectivity index (χ0) is 13.0. The molecule has 0 amide bonds. The van der Waals surface area contributed by atoms with Crippen molar-refractivity contribution in [3.05, 3.63) is 24.3 Å². The molecule has 3 N–H and O–H groups in total. The number of imidazole rings is 1. The number of aromatic amines is 1. The van der Waals surface area contributed by atoms with Crippen molar-refractivity contribution in [1.82, 2.24) is 15.0 Å². The summed E-state index contributed by atoms with van der Waals surface area (Å²) < 4.78 is 0. The van der Waals surface area contributed by atoms with E-state index in [4.69, 9.17) is 5.73 Å². The molecule has 4 heteroatoms. The largest absolute Gasteiger partial charge is 0.341 e. The fraction of sp³-hybridized carbons (Fsp3) is 0.571. The summed E-state index contributed by atoms with van der Waals surface area (Å²) in [4.78, 5) is 12.0. The van der Waals surface area contributed by atoms with Gasteiger partial charge in [0.15, 0.2) is 0 Å². The first-order chi connectivity index (χ1) is 8.70. The summed E-state index contributed by atoms with van der Waals surface area (Å²) >= 11 is 0. The Hall–Kier alpha value is -1.42. The number of pyridine rings is 1. The normalized spacial score (nSPS) is 13.3. The van der Waals surface area contributed by atoms with E-state index in [1.54, 1.807) is 6.20 Å². The van der Waals surface area contributed by atoms with Gasteiger partial charge in [0.25, 0.3) is 0 Å². The molecular weight excluding hydrogens is 224 g/mol. The van der Waals surface area contributed by atoms with Gasteiger partial charge in [0.05, 0.1) is 17.2 Å². The lowest BCUT2D eigenvalue weighted by atomic mass is 9.88. The van der Waals surface area contributed by atoms with Gasteiger partial charge in [0.2, 0.25) is 0 Å². The van der Waals surface area contributed by atoms with E-state index in [-0.39, 0.29) is 0 Å². The van der Waals surface area contributed by atoms with Crippen LogP contribution in [0.25, 0.3) is 11.0 Å². The van der Waals surface area contributed by atoms with Crippen LogP contribution in [0, 0.1) is 11.8 Å². The summed E-state index contributed by atoms with van der Waals surface area (Å²) in [6.45, 7) is 5.30. The minimum absolute atomic E-state index is 0.680. The second-order valence-corrected chi connectivity index (χ2v) is 5.20. The molecular formula is C14H22N4. The second-order valence-electron chi connectivity index (χ2n) is 5.20. The SMILES string of the molecule is CC(C)C(CCN)CCc1nc2ccncc2[nH]1. The number of aromatic nitrogens is 3. The standard InChI is InChI=1S/C14H22N4/c1-10(2)11(5-7-15)3-4-14-17-12-6-8-16-9-13(12)18-14/h6,8-11H,3-5,7,15H2,1-2H3,(H,17,18). The fourth-order valence-electron chi connectivity index (χ4n) is 2.38. The molecule has 4 nitrogen and oxygen atoms in total. The lowest BCUT2D eigenvalue weighted by Crippen LogP contribution is -2.15. The zero-order valence-electron chi connectivity index (χ0n) is 11.2. The van der Waals surface area contributed by atoms with Crippen LogP contribution in [-0.2, 0) is 6.42 Å². The van der Waals surface area contributed by atoms with Crippen LogP contribution < -0.4 is 5.73 Å². The van der Waals surface area contributed by atoms with Crippen molar-refractivity contribution < 1.29 is 0 Å². The Morgan fingerprint density at radius 3 is 2.83 bits per heavy atom. The molecule has 0 saturated heterocycles. The summed E-state index contributed by atoms with van der Waals surface area (Å²) in [5, 5.41) is 0. The average molecular weight is 246 g/mol. The van der Waals surface area contributed by atoms with E-state index < -0.39 is 0 Å². The van der Waals surface area contributed by atoms with E-state index in [1.807, 2.05) is 12.3 Å². The van der Waals surface area contributed by atoms with Crippen molar-refractivity contribution in [2.24, 2.45) is 17.6 Å². The third-order valence-corrected chi connectivity index (χ3v) is 3.56. The monoisotopic (exact) mass is 246 g/mol. The van der Waals surface area contributed by atoms with E-state index in [9.17, 15) is 0 Å². The topological polar surface area (TPSA) is 67.6 Å². The maximum atomic E-state index is 5.67. The summed E-state index contributed by atoms with van der Waals surface area (Å²) in [6.07, 6.45) is 6.82. The van der Waals surface area contributed by atoms with Crippen molar-refractivity contribution in [3.63, 3.8) is 0 Å². The highest BCUT2D eigenvalue weighted by molar-refractivity contribution is 5.73. The van der Waals surface area contributed by atoms with Crippen LogP contribution in [0.2, 0.25) is 0 Å². The van der Waals surface area contributed by atoms with Crippen LogP contribution in [0.4, 0.5) is 0 Å². The van der Waals surface area contributed by atoms with Crippen molar-refractivity contribution in [3.8, 4) is 0 Å². The summed E-state index contributed by atoms with van der Waals surface area (Å²) in [5.41, 5.74) is 7.69. The van der Waals surface area contributed by atoms with E-state index in [0.717, 1.165) is 42.7 Å². The molecule has 0 aliphatic heterocycles. The molecule has 0 aliphatic carbocycles. The number of rotatable bonds is 6. The van der Waals surface area contributed by atoms with Gasteiger partial charge in [0.1, 0.15) is 5.82 Å². The molecule has 0 spiro atoms. The van der Waals surface area contributed by atoms with Gasteiger partial charge in [-0.05, 0) is 37.3 Å². The van der Waals surface area contributed by atoms with Gasteiger partial charge in [-0.15, -0.1) is 0 Å². The predicted molar refractivity (Wildman–Crippen MR) is 74.2 cm³/mol. The minimum atomic E-state index is 0.680.